The molecule has 1 heterocycles. The monoisotopic (exact) mass is 312 g/mol. The van der Waals surface area contributed by atoms with Crippen LogP contribution in [0.25, 0.3) is 0 Å². The van der Waals surface area contributed by atoms with Gasteiger partial charge in [0.15, 0.2) is 0 Å². The molecular weight excluding hydrogens is 288 g/mol. The molecule has 1 aromatic rings. The summed E-state index contributed by atoms with van der Waals surface area (Å²) in [6.07, 6.45) is 3.98. The third kappa shape index (κ3) is 3.83. The highest BCUT2D eigenvalue weighted by molar-refractivity contribution is 7.89. The molecular formula is C15H24N2O3S. The highest BCUT2D eigenvalue weighted by atomic mass is 32.2. The lowest BCUT2D eigenvalue weighted by atomic mass is 10.0. The van der Waals surface area contributed by atoms with Gasteiger partial charge in [0.05, 0.1) is 4.90 Å². The molecule has 1 aliphatic heterocycles. The van der Waals surface area contributed by atoms with Gasteiger partial charge in [-0.25, -0.2) is 8.42 Å². The zero-order chi connectivity index (χ0) is 15.3. The summed E-state index contributed by atoms with van der Waals surface area (Å²) in [4.78, 5) is 0.327. The van der Waals surface area contributed by atoms with Crippen molar-refractivity contribution in [1.82, 2.24) is 4.31 Å². The summed E-state index contributed by atoms with van der Waals surface area (Å²) < 4.78 is 27.1. The standard InChI is InChI=1S/C15H24N2O3S/c16-10-8-13-4-6-15(7-5-13)21(19,20)17-11-2-1-3-14(17)9-12-18/h4-7,14,18H,1-3,8-12,16H2. The van der Waals surface area contributed by atoms with Crippen LogP contribution in [0.2, 0.25) is 0 Å². The van der Waals surface area contributed by atoms with Crippen LogP contribution < -0.4 is 5.73 Å². The Morgan fingerprint density at radius 1 is 1.24 bits per heavy atom. The van der Waals surface area contributed by atoms with Crippen LogP contribution in [0.1, 0.15) is 31.2 Å². The summed E-state index contributed by atoms with van der Waals surface area (Å²) in [5, 5.41) is 9.13. The van der Waals surface area contributed by atoms with Crippen molar-refractivity contribution in [1.29, 1.82) is 0 Å². The zero-order valence-electron chi connectivity index (χ0n) is 12.2. The fourth-order valence-electron chi connectivity index (χ4n) is 2.86. The maximum Gasteiger partial charge on any atom is 0.243 e. The second-order valence-electron chi connectivity index (χ2n) is 5.46. The number of piperidine rings is 1. The number of benzene rings is 1. The molecule has 0 aliphatic carbocycles. The van der Waals surface area contributed by atoms with Gasteiger partial charge in [0.1, 0.15) is 0 Å². The van der Waals surface area contributed by atoms with Crippen LogP contribution in [0.4, 0.5) is 0 Å². The van der Waals surface area contributed by atoms with Crippen LogP contribution in [0.3, 0.4) is 0 Å². The van der Waals surface area contributed by atoms with Crippen molar-refractivity contribution in [3.8, 4) is 0 Å². The van der Waals surface area contributed by atoms with Crippen LogP contribution in [0.5, 0.6) is 0 Å². The number of aliphatic hydroxyl groups is 1. The number of hydrogen-bond acceptors (Lipinski definition) is 4. The van der Waals surface area contributed by atoms with Crippen molar-refractivity contribution < 1.29 is 13.5 Å². The first kappa shape index (κ1) is 16.4. The van der Waals surface area contributed by atoms with E-state index in [0.717, 1.165) is 31.2 Å². The third-order valence-electron chi connectivity index (χ3n) is 4.00. The van der Waals surface area contributed by atoms with Gasteiger partial charge in [-0.15, -0.1) is 0 Å². The highest BCUT2D eigenvalue weighted by Gasteiger charge is 2.32. The Balaban J connectivity index is 2.22. The van der Waals surface area contributed by atoms with Crippen LogP contribution >= 0.6 is 0 Å². The molecule has 5 nitrogen and oxygen atoms in total. The third-order valence-corrected chi connectivity index (χ3v) is 5.96. The smallest absolute Gasteiger partial charge is 0.243 e. The lowest BCUT2D eigenvalue weighted by Gasteiger charge is -2.34. The molecule has 0 bridgehead atoms. The van der Waals surface area contributed by atoms with Crippen LogP contribution in [0, 0.1) is 0 Å². The zero-order valence-corrected chi connectivity index (χ0v) is 13.1. The van der Waals surface area contributed by atoms with Crippen LogP contribution in [0.15, 0.2) is 29.2 Å². The number of sulfonamides is 1. The maximum absolute atomic E-state index is 12.8. The minimum absolute atomic E-state index is 0.0200. The second-order valence-corrected chi connectivity index (χ2v) is 7.35. The van der Waals surface area contributed by atoms with Gasteiger partial charge in [-0.3, -0.25) is 0 Å². The number of rotatable bonds is 6. The van der Waals surface area contributed by atoms with Gasteiger partial charge in [0.25, 0.3) is 0 Å². The minimum atomic E-state index is -3.47. The number of hydrogen-bond donors (Lipinski definition) is 2. The number of nitrogens with two attached hydrogens (primary N) is 1. The molecule has 1 unspecified atom stereocenters. The summed E-state index contributed by atoms with van der Waals surface area (Å²) in [6, 6.07) is 6.88. The van der Waals surface area contributed by atoms with E-state index in [1.165, 1.54) is 0 Å². The molecule has 21 heavy (non-hydrogen) atoms. The predicted octanol–water partition coefficient (Wildman–Crippen LogP) is 1.11. The largest absolute Gasteiger partial charge is 0.396 e. The van der Waals surface area contributed by atoms with E-state index < -0.39 is 10.0 Å². The van der Waals surface area contributed by atoms with Gasteiger partial charge in [0.2, 0.25) is 10.0 Å². The van der Waals surface area contributed by atoms with E-state index in [-0.39, 0.29) is 12.6 Å². The normalized spacial score (nSPS) is 20.6. The van der Waals surface area contributed by atoms with Gasteiger partial charge in [0, 0.05) is 19.2 Å². The first-order valence-corrected chi connectivity index (χ1v) is 8.95. The van der Waals surface area contributed by atoms with Gasteiger partial charge in [-0.2, -0.15) is 4.31 Å². The van der Waals surface area contributed by atoms with E-state index >= 15 is 0 Å². The molecule has 1 aromatic carbocycles. The SMILES string of the molecule is NCCc1ccc(S(=O)(=O)N2CCCCC2CCO)cc1. The molecule has 3 N–H and O–H groups in total. The average molecular weight is 312 g/mol. The molecule has 2 rings (SSSR count). The van der Waals surface area contributed by atoms with Crippen molar-refractivity contribution in [2.75, 3.05) is 19.7 Å². The lowest BCUT2D eigenvalue weighted by molar-refractivity contribution is 0.192. The first-order chi connectivity index (χ1) is 10.1. The molecule has 0 amide bonds. The van der Waals surface area contributed by atoms with E-state index in [2.05, 4.69) is 0 Å². The molecule has 1 atom stereocenters. The van der Waals surface area contributed by atoms with Crippen molar-refractivity contribution in [2.45, 2.75) is 43.0 Å². The second kappa shape index (κ2) is 7.35. The minimum Gasteiger partial charge on any atom is -0.396 e. The molecule has 1 saturated heterocycles. The molecule has 118 valence electrons. The molecule has 1 fully saturated rings. The summed E-state index contributed by atoms with van der Waals surface area (Å²) in [6.45, 7) is 1.11. The summed E-state index contributed by atoms with van der Waals surface area (Å²) >= 11 is 0. The predicted molar refractivity (Wildman–Crippen MR) is 82.4 cm³/mol. The van der Waals surface area contributed by atoms with E-state index in [0.29, 0.717) is 24.4 Å². The van der Waals surface area contributed by atoms with Crippen molar-refractivity contribution >= 4 is 10.0 Å². The average Bonchev–Trinajstić information content (AvgIpc) is 2.49. The Hall–Kier alpha value is -0.950. The molecule has 0 radical (unpaired) electrons. The lowest BCUT2D eigenvalue weighted by Crippen LogP contribution is -2.44. The van der Waals surface area contributed by atoms with E-state index in [4.69, 9.17) is 10.8 Å². The van der Waals surface area contributed by atoms with E-state index in [1.807, 2.05) is 12.1 Å². The van der Waals surface area contributed by atoms with Gasteiger partial charge in [-0.1, -0.05) is 18.6 Å². The quantitative estimate of drug-likeness (QED) is 0.824. The van der Waals surface area contributed by atoms with Crippen molar-refractivity contribution in [2.24, 2.45) is 5.73 Å². The topological polar surface area (TPSA) is 83.6 Å². The summed E-state index contributed by atoms with van der Waals surface area (Å²) in [5.74, 6) is 0. The Morgan fingerprint density at radius 3 is 2.57 bits per heavy atom. The molecule has 6 heteroatoms. The molecule has 0 aromatic heterocycles. The van der Waals surface area contributed by atoms with E-state index in [1.54, 1.807) is 16.4 Å². The number of aliphatic hydroxyl groups excluding tert-OH is 1. The van der Waals surface area contributed by atoms with Crippen molar-refractivity contribution in [3.05, 3.63) is 29.8 Å². The highest BCUT2D eigenvalue weighted by Crippen LogP contribution is 2.27. The molecule has 0 saturated carbocycles. The van der Waals surface area contributed by atoms with Crippen molar-refractivity contribution in [3.63, 3.8) is 0 Å². The fraction of sp³-hybridized carbons (Fsp3) is 0.600. The van der Waals surface area contributed by atoms with E-state index in [9.17, 15) is 8.42 Å². The first-order valence-electron chi connectivity index (χ1n) is 7.51. The van der Waals surface area contributed by atoms with Crippen LogP contribution in [-0.4, -0.2) is 43.6 Å². The Morgan fingerprint density at radius 2 is 1.95 bits per heavy atom. The van der Waals surface area contributed by atoms with Crippen LogP contribution in [-0.2, 0) is 16.4 Å². The Bertz CT molecular complexity index is 541. The Kier molecular flexibility index (Phi) is 5.75. The molecule has 0 spiro atoms. The fourth-order valence-corrected chi connectivity index (χ4v) is 4.58. The Labute approximate surface area is 126 Å². The van der Waals surface area contributed by atoms with Gasteiger partial charge in [-0.05, 0) is 49.9 Å². The van der Waals surface area contributed by atoms with Gasteiger partial charge >= 0.3 is 0 Å². The molecule has 1 aliphatic rings. The number of nitrogens with zero attached hydrogens (tertiary/aromatic N) is 1. The summed E-state index contributed by atoms with van der Waals surface area (Å²) in [5.41, 5.74) is 6.55. The maximum atomic E-state index is 12.8. The van der Waals surface area contributed by atoms with Gasteiger partial charge < -0.3 is 10.8 Å². The summed E-state index contributed by atoms with van der Waals surface area (Å²) in [7, 11) is -3.47.